The Morgan fingerprint density at radius 1 is 1.31 bits per heavy atom. The zero-order valence-electron chi connectivity index (χ0n) is 9.24. The highest BCUT2D eigenvalue weighted by atomic mass is 35.5. The third kappa shape index (κ3) is 3.56. The van der Waals surface area contributed by atoms with Gasteiger partial charge in [-0.25, -0.2) is 9.86 Å². The molecule has 5 nitrogen and oxygen atoms in total. The molecule has 7 heteroatoms. The third-order valence-corrected chi connectivity index (χ3v) is 4.27. The van der Waals surface area contributed by atoms with E-state index in [1.165, 1.54) is 0 Å². The van der Waals surface area contributed by atoms with Crippen LogP contribution < -0.4 is 15.2 Å². The van der Waals surface area contributed by atoms with Crippen molar-refractivity contribution in [3.63, 3.8) is 0 Å². The summed E-state index contributed by atoms with van der Waals surface area (Å²) in [5.41, 5.74) is 0.217. The number of nitrogens with two attached hydrogens (primary N) is 1. The molecule has 96 valence electrons. The zero-order valence-corrected chi connectivity index (χ0v) is 10.9. The maximum Gasteiger partial charge on any atom is 0.274 e. The molecule has 0 amide bonds. The molecular formula is C9H20ClN3O2S. The summed E-state index contributed by atoms with van der Waals surface area (Å²) in [5, 5.41) is 8.27. The fraction of sp³-hybridized carbons (Fsp3) is 1.00. The molecule has 0 aromatic heterocycles. The lowest BCUT2D eigenvalue weighted by molar-refractivity contribution is 0.239. The minimum absolute atomic E-state index is 0. The fourth-order valence-electron chi connectivity index (χ4n) is 2.57. The van der Waals surface area contributed by atoms with Gasteiger partial charge in [0, 0.05) is 6.54 Å². The largest absolute Gasteiger partial charge is 0.317 e. The van der Waals surface area contributed by atoms with Crippen LogP contribution in [0.5, 0.6) is 0 Å². The van der Waals surface area contributed by atoms with Crippen molar-refractivity contribution < 1.29 is 8.42 Å². The monoisotopic (exact) mass is 269 g/mol. The molecule has 4 N–H and O–H groups in total. The lowest BCUT2D eigenvalue weighted by Gasteiger charge is -2.30. The first-order chi connectivity index (χ1) is 7.02. The molecule has 0 spiro atoms. The molecule has 1 heterocycles. The number of hydrogen-bond donors (Lipinski definition) is 3. The summed E-state index contributed by atoms with van der Waals surface area (Å²) in [4.78, 5) is 0. The Labute approximate surface area is 103 Å². The van der Waals surface area contributed by atoms with Crippen molar-refractivity contribution in [2.24, 2.45) is 16.5 Å². The van der Waals surface area contributed by atoms with Crippen LogP contribution in [0.3, 0.4) is 0 Å². The molecular weight excluding hydrogens is 250 g/mol. The lowest BCUT2D eigenvalue weighted by Crippen LogP contribution is -2.40. The number of piperidine rings is 1. The predicted octanol–water partition coefficient (Wildman–Crippen LogP) is -0.0189. The van der Waals surface area contributed by atoms with E-state index in [9.17, 15) is 8.42 Å². The van der Waals surface area contributed by atoms with Crippen molar-refractivity contribution in [3.05, 3.63) is 0 Å². The van der Waals surface area contributed by atoms with E-state index in [1.807, 2.05) is 0 Å². The molecule has 0 bridgehead atoms. The second-order valence-corrected chi connectivity index (χ2v) is 6.13. The summed E-state index contributed by atoms with van der Waals surface area (Å²) in [6.45, 7) is 2.64. The molecule has 2 aliphatic rings. The molecule has 0 aromatic carbocycles. The molecule has 16 heavy (non-hydrogen) atoms. The standard InChI is InChI=1S/C9H19N3O2S.ClH/c10-15(13,14)12-7-9(3-4-9)8-1-5-11-6-2-8;/h8,11-12H,1-7H2,(H2,10,13,14);1H. The average Bonchev–Trinajstić information content (AvgIpc) is 2.96. The predicted molar refractivity (Wildman–Crippen MR) is 65.6 cm³/mol. The second kappa shape index (κ2) is 5.18. The first kappa shape index (κ1) is 14.2. The van der Waals surface area contributed by atoms with Gasteiger partial charge in [-0.05, 0) is 50.1 Å². The molecule has 1 aliphatic carbocycles. The van der Waals surface area contributed by atoms with E-state index in [4.69, 9.17) is 5.14 Å². The van der Waals surface area contributed by atoms with Gasteiger partial charge in [0.15, 0.2) is 0 Å². The Balaban J connectivity index is 0.00000128. The Kier molecular flexibility index (Phi) is 4.59. The minimum Gasteiger partial charge on any atom is -0.317 e. The van der Waals surface area contributed by atoms with Crippen molar-refractivity contribution >= 4 is 22.6 Å². The normalized spacial score (nSPS) is 24.8. The van der Waals surface area contributed by atoms with Crippen molar-refractivity contribution in [3.8, 4) is 0 Å². The topological polar surface area (TPSA) is 84.2 Å². The summed E-state index contributed by atoms with van der Waals surface area (Å²) >= 11 is 0. The van der Waals surface area contributed by atoms with Crippen LogP contribution in [0.1, 0.15) is 25.7 Å². The van der Waals surface area contributed by atoms with E-state index in [0.29, 0.717) is 12.5 Å². The van der Waals surface area contributed by atoms with Crippen LogP contribution >= 0.6 is 12.4 Å². The van der Waals surface area contributed by atoms with Crippen LogP contribution in [0, 0.1) is 11.3 Å². The zero-order chi connectivity index (χ0) is 10.9. The van der Waals surface area contributed by atoms with E-state index in [0.717, 1.165) is 38.8 Å². The highest BCUT2D eigenvalue weighted by molar-refractivity contribution is 7.87. The first-order valence-electron chi connectivity index (χ1n) is 5.50. The first-order valence-corrected chi connectivity index (χ1v) is 7.05. The molecule has 1 aliphatic heterocycles. The quantitative estimate of drug-likeness (QED) is 0.671. The van der Waals surface area contributed by atoms with Crippen molar-refractivity contribution in [1.29, 1.82) is 0 Å². The smallest absolute Gasteiger partial charge is 0.274 e. The number of hydrogen-bond acceptors (Lipinski definition) is 3. The third-order valence-electron chi connectivity index (χ3n) is 3.72. The lowest BCUT2D eigenvalue weighted by atomic mass is 9.82. The molecule has 0 aromatic rings. The van der Waals surface area contributed by atoms with Gasteiger partial charge in [0.25, 0.3) is 10.2 Å². The minimum atomic E-state index is -3.52. The van der Waals surface area contributed by atoms with E-state index in [-0.39, 0.29) is 17.8 Å². The Hall–Kier alpha value is 0.120. The van der Waals surface area contributed by atoms with Crippen LogP contribution in [0.4, 0.5) is 0 Å². The van der Waals surface area contributed by atoms with E-state index in [1.54, 1.807) is 0 Å². The van der Waals surface area contributed by atoms with Crippen molar-refractivity contribution in [2.75, 3.05) is 19.6 Å². The highest BCUT2D eigenvalue weighted by Gasteiger charge is 2.49. The Morgan fingerprint density at radius 3 is 2.31 bits per heavy atom. The maximum atomic E-state index is 10.8. The average molecular weight is 270 g/mol. The van der Waals surface area contributed by atoms with Gasteiger partial charge in [0.2, 0.25) is 0 Å². The summed E-state index contributed by atoms with van der Waals surface area (Å²) in [5.74, 6) is 0.660. The fourth-order valence-corrected chi connectivity index (χ4v) is 3.06. The Morgan fingerprint density at radius 2 is 1.88 bits per heavy atom. The van der Waals surface area contributed by atoms with E-state index < -0.39 is 10.2 Å². The Bertz CT molecular complexity index is 324. The van der Waals surface area contributed by atoms with Crippen LogP contribution in [0.2, 0.25) is 0 Å². The SMILES string of the molecule is Cl.NS(=O)(=O)NCC1(C2CCNCC2)CC1. The molecule has 2 fully saturated rings. The summed E-state index contributed by atoms with van der Waals surface area (Å²) in [6.07, 6.45) is 4.60. The summed E-state index contributed by atoms with van der Waals surface area (Å²) in [6, 6.07) is 0. The van der Waals surface area contributed by atoms with E-state index in [2.05, 4.69) is 10.0 Å². The molecule has 2 rings (SSSR count). The van der Waals surface area contributed by atoms with Crippen LogP contribution in [-0.2, 0) is 10.2 Å². The number of halogens is 1. The molecule has 0 atom stereocenters. The van der Waals surface area contributed by atoms with Gasteiger partial charge < -0.3 is 5.32 Å². The summed E-state index contributed by atoms with van der Waals surface area (Å²) in [7, 11) is -3.52. The van der Waals surface area contributed by atoms with Crippen molar-refractivity contribution in [1.82, 2.24) is 10.0 Å². The van der Waals surface area contributed by atoms with Gasteiger partial charge in [-0.3, -0.25) is 0 Å². The second-order valence-electron chi connectivity index (χ2n) is 4.75. The number of rotatable bonds is 4. The van der Waals surface area contributed by atoms with Crippen LogP contribution in [0.15, 0.2) is 0 Å². The van der Waals surface area contributed by atoms with E-state index >= 15 is 0 Å². The number of nitrogens with one attached hydrogen (secondary N) is 2. The van der Waals surface area contributed by atoms with Crippen molar-refractivity contribution in [2.45, 2.75) is 25.7 Å². The van der Waals surface area contributed by atoms with Crippen LogP contribution in [-0.4, -0.2) is 28.1 Å². The van der Waals surface area contributed by atoms with Crippen LogP contribution in [0.25, 0.3) is 0 Å². The maximum absolute atomic E-state index is 10.8. The highest BCUT2D eigenvalue weighted by Crippen LogP contribution is 2.54. The molecule has 0 unspecified atom stereocenters. The molecule has 1 saturated heterocycles. The van der Waals surface area contributed by atoms with Gasteiger partial charge in [0.05, 0.1) is 0 Å². The van der Waals surface area contributed by atoms with Gasteiger partial charge in [0.1, 0.15) is 0 Å². The summed E-state index contributed by atoms with van der Waals surface area (Å²) < 4.78 is 24.1. The van der Waals surface area contributed by atoms with Gasteiger partial charge in [-0.15, -0.1) is 12.4 Å². The van der Waals surface area contributed by atoms with Gasteiger partial charge in [-0.2, -0.15) is 8.42 Å². The van der Waals surface area contributed by atoms with Gasteiger partial charge in [-0.1, -0.05) is 0 Å². The van der Waals surface area contributed by atoms with Gasteiger partial charge >= 0.3 is 0 Å². The molecule has 1 saturated carbocycles. The molecule has 0 radical (unpaired) electrons.